The van der Waals surface area contributed by atoms with Crippen LogP contribution in [-0.2, 0) is 16.9 Å². The Morgan fingerprint density at radius 2 is 1.31 bits per heavy atom. The van der Waals surface area contributed by atoms with Gasteiger partial charge in [0, 0.05) is 21.6 Å². The third-order valence-corrected chi connectivity index (χ3v) is 10.2. The Bertz CT molecular complexity index is 2330. The number of amides is 1. The van der Waals surface area contributed by atoms with Crippen molar-refractivity contribution in [1.82, 2.24) is 25.1 Å². The van der Waals surface area contributed by atoms with Crippen LogP contribution >= 0.6 is 0 Å². The molecule has 7 heteroatoms. The maximum Gasteiger partial charge on any atom is 0.256 e. The zero-order valence-corrected chi connectivity index (χ0v) is 28.1. The number of aliphatic imine (C=N–C) groups is 1. The van der Waals surface area contributed by atoms with Crippen LogP contribution in [0, 0.1) is 0 Å². The van der Waals surface area contributed by atoms with E-state index in [0.29, 0.717) is 18.7 Å². The van der Waals surface area contributed by atoms with E-state index >= 15 is 0 Å². The molecule has 1 fully saturated rings. The maximum atomic E-state index is 14.0. The number of nitrogens with zero attached hydrogens (tertiary/aromatic N) is 6. The molecule has 5 aromatic carbocycles. The molecule has 1 spiro atoms. The summed E-state index contributed by atoms with van der Waals surface area (Å²) in [6.45, 7) is -3.14. The quantitative estimate of drug-likeness (QED) is 0.128. The van der Waals surface area contributed by atoms with Gasteiger partial charge >= 0.3 is 0 Å². The normalized spacial score (nSPS) is 18.3. The Labute approximate surface area is 309 Å². The van der Waals surface area contributed by atoms with Crippen LogP contribution in [0.25, 0.3) is 22.5 Å². The van der Waals surface area contributed by atoms with Gasteiger partial charge in [-0.3, -0.25) is 14.7 Å². The Hall–Kier alpha value is -5.69. The lowest BCUT2D eigenvalue weighted by Crippen LogP contribution is -2.40. The highest BCUT2D eigenvalue weighted by atomic mass is 16.2. The van der Waals surface area contributed by atoms with E-state index in [4.69, 9.17) is 19.8 Å². The molecule has 0 radical (unpaired) electrons. The van der Waals surface area contributed by atoms with E-state index in [9.17, 15) is 4.79 Å². The first-order chi connectivity index (χ1) is 27.8. The van der Waals surface area contributed by atoms with Crippen LogP contribution in [0.2, 0.25) is 0 Å². The highest BCUT2D eigenvalue weighted by Gasteiger charge is 2.49. The highest BCUT2D eigenvalue weighted by molar-refractivity contribution is 6.08. The minimum Gasteiger partial charge on any atom is -0.294 e. The number of benzene rings is 5. The SMILES string of the molecule is [2H]C([2H])([2H])C([2H])([2H])C([2H])([2H])CC1=NC2(CCCC2)C(=O)N1Cc1ccc(-c2ccccc2-c2nnnn2C(c2ccccc2)(c2ccccc2)c2ccccc2)cc1. The average Bonchev–Trinajstić information content (AvgIpc) is 3.97. The second-order valence-electron chi connectivity index (χ2n) is 13.1. The second-order valence-corrected chi connectivity index (χ2v) is 13.1. The minimum atomic E-state index is -3.21. The van der Waals surface area contributed by atoms with E-state index in [-0.39, 0.29) is 18.3 Å². The third-order valence-electron chi connectivity index (χ3n) is 10.2. The van der Waals surface area contributed by atoms with Crippen molar-refractivity contribution in [3.05, 3.63) is 162 Å². The molecule has 1 aliphatic heterocycles. The van der Waals surface area contributed by atoms with Crippen LogP contribution in [0.5, 0.6) is 0 Å². The van der Waals surface area contributed by atoms with E-state index < -0.39 is 37.1 Å². The highest BCUT2D eigenvalue weighted by Crippen LogP contribution is 2.44. The molecule has 0 unspecified atom stereocenters. The molecule has 7 nitrogen and oxygen atoms in total. The molecule has 0 bridgehead atoms. The van der Waals surface area contributed by atoms with Crippen molar-refractivity contribution in [3.63, 3.8) is 0 Å². The summed E-state index contributed by atoms with van der Waals surface area (Å²) < 4.78 is 58.4. The fourth-order valence-electron chi connectivity index (χ4n) is 7.82. The van der Waals surface area contributed by atoms with Crippen LogP contribution in [0.1, 0.15) is 83.6 Å². The second kappa shape index (κ2) is 13.9. The summed E-state index contributed by atoms with van der Waals surface area (Å²) in [4.78, 5) is 20.2. The van der Waals surface area contributed by atoms with Gasteiger partial charge in [-0.15, -0.1) is 5.10 Å². The topological polar surface area (TPSA) is 76.3 Å². The summed E-state index contributed by atoms with van der Waals surface area (Å²) in [5.41, 5.74) is 4.24. The molecule has 254 valence electrons. The molecule has 1 aliphatic carbocycles. The zero-order chi connectivity index (χ0) is 40.8. The van der Waals surface area contributed by atoms with Crippen molar-refractivity contribution in [3.8, 4) is 22.5 Å². The zero-order valence-electron chi connectivity index (χ0n) is 35.1. The van der Waals surface area contributed by atoms with Gasteiger partial charge in [-0.2, -0.15) is 0 Å². The van der Waals surface area contributed by atoms with Gasteiger partial charge in [-0.05, 0) is 63.0 Å². The molecule has 51 heavy (non-hydrogen) atoms. The van der Waals surface area contributed by atoms with Crippen molar-refractivity contribution < 1.29 is 14.4 Å². The van der Waals surface area contributed by atoms with E-state index in [2.05, 4.69) is 46.7 Å². The predicted octanol–water partition coefficient (Wildman–Crippen LogP) is 9.09. The van der Waals surface area contributed by atoms with Crippen molar-refractivity contribution in [2.75, 3.05) is 0 Å². The van der Waals surface area contributed by atoms with Crippen LogP contribution < -0.4 is 0 Å². The molecule has 0 saturated heterocycles. The van der Waals surface area contributed by atoms with Gasteiger partial charge in [0.2, 0.25) is 0 Å². The molecular formula is C44H42N6O. The molecule has 6 aromatic rings. The smallest absolute Gasteiger partial charge is 0.256 e. The standard InChI is InChI=1S/C44H42N6O/c1-2-3-25-40-45-43(30-15-16-31-43)42(51)49(40)32-33-26-28-34(29-27-33)38-23-13-14-24-39(38)41-46-47-48-50(41)44(35-17-7-4-8-18-35,36-19-9-5-10-20-36)37-21-11-6-12-22-37/h4-14,17-24,26-29H,2-3,15-16,25,30-32H2,1H3/i1D3,2D2,3D2. The lowest BCUT2D eigenvalue weighted by Gasteiger charge is -2.36. The third kappa shape index (κ3) is 5.76. The predicted molar refractivity (Wildman–Crippen MR) is 202 cm³/mol. The monoisotopic (exact) mass is 677 g/mol. The van der Waals surface area contributed by atoms with Gasteiger partial charge in [0.25, 0.3) is 5.91 Å². The number of aromatic nitrogens is 4. The van der Waals surface area contributed by atoms with E-state index in [1.165, 1.54) is 4.90 Å². The summed E-state index contributed by atoms with van der Waals surface area (Å²) in [7, 11) is 0. The number of hydrogen-bond acceptors (Lipinski definition) is 5. The fraction of sp³-hybridized carbons (Fsp3) is 0.250. The van der Waals surface area contributed by atoms with Gasteiger partial charge in [0.1, 0.15) is 16.9 Å². The summed E-state index contributed by atoms with van der Waals surface area (Å²) in [6, 6.07) is 46.2. The average molecular weight is 678 g/mol. The molecule has 8 rings (SSSR count). The van der Waals surface area contributed by atoms with Gasteiger partial charge in [-0.1, -0.05) is 166 Å². The molecule has 1 saturated carbocycles. The van der Waals surface area contributed by atoms with Crippen molar-refractivity contribution in [2.24, 2.45) is 4.99 Å². The van der Waals surface area contributed by atoms with Gasteiger partial charge in [0.15, 0.2) is 5.82 Å². The van der Waals surface area contributed by atoms with Crippen LogP contribution in [0.15, 0.2) is 145 Å². The van der Waals surface area contributed by atoms with Gasteiger partial charge < -0.3 is 0 Å². The summed E-state index contributed by atoms with van der Waals surface area (Å²) >= 11 is 0. The number of amidine groups is 1. The lowest BCUT2D eigenvalue weighted by atomic mass is 9.77. The largest absolute Gasteiger partial charge is 0.294 e. The minimum absolute atomic E-state index is 0.0696. The van der Waals surface area contributed by atoms with Gasteiger partial charge in [-0.25, -0.2) is 4.68 Å². The van der Waals surface area contributed by atoms with Crippen molar-refractivity contribution >= 4 is 11.7 Å². The van der Waals surface area contributed by atoms with Crippen LogP contribution in [0.4, 0.5) is 0 Å². The van der Waals surface area contributed by atoms with Crippen molar-refractivity contribution in [2.45, 2.75) is 69.3 Å². The first-order valence-electron chi connectivity index (χ1n) is 20.8. The van der Waals surface area contributed by atoms with Crippen LogP contribution in [-0.4, -0.2) is 42.4 Å². The molecule has 1 amide bonds. The summed E-state index contributed by atoms with van der Waals surface area (Å²) in [5, 5.41) is 13.7. The number of tetrazole rings is 1. The Kier molecular flexibility index (Phi) is 6.90. The number of rotatable bonds is 11. The fourth-order valence-corrected chi connectivity index (χ4v) is 7.82. The number of hydrogen-bond donors (Lipinski definition) is 0. The van der Waals surface area contributed by atoms with Crippen molar-refractivity contribution in [1.29, 1.82) is 0 Å². The lowest BCUT2D eigenvalue weighted by molar-refractivity contribution is -0.131. The van der Waals surface area contributed by atoms with Gasteiger partial charge in [0.05, 0.1) is 6.54 Å². The molecule has 1 aromatic heterocycles. The van der Waals surface area contributed by atoms with E-state index in [1.54, 1.807) is 0 Å². The summed E-state index contributed by atoms with van der Waals surface area (Å²) in [5.74, 6) is 0.364. The Morgan fingerprint density at radius 1 is 0.745 bits per heavy atom. The molecule has 2 aliphatic rings. The molecule has 0 N–H and O–H groups in total. The van der Waals surface area contributed by atoms with Crippen LogP contribution in [0.3, 0.4) is 0 Å². The summed E-state index contributed by atoms with van der Waals surface area (Å²) in [6.07, 6.45) is -4.03. The maximum absolute atomic E-state index is 14.0. The molecular weight excluding hydrogens is 629 g/mol. The molecule has 2 heterocycles. The number of carbonyl (C=O) groups excluding carboxylic acids is 1. The first-order valence-corrected chi connectivity index (χ1v) is 17.3. The molecule has 0 atom stereocenters. The van der Waals surface area contributed by atoms with E-state index in [1.807, 2.05) is 108 Å². The van der Waals surface area contributed by atoms with E-state index in [0.717, 1.165) is 51.8 Å². The Balaban J connectivity index is 1.16. The number of carbonyl (C=O) groups is 1. The Morgan fingerprint density at radius 3 is 1.90 bits per heavy atom. The first kappa shape index (κ1) is 25.3.